The predicted molar refractivity (Wildman–Crippen MR) is 58.7 cm³/mol. The maximum Gasteiger partial charge on any atom is 0.146 e. The molecule has 1 aromatic carbocycles. The van der Waals surface area contributed by atoms with Crippen molar-refractivity contribution in [1.82, 2.24) is 9.97 Å². The number of aryl methyl sites for hydroxylation is 1. The number of fused-ring (bicyclic) bond motifs is 1. The van der Waals surface area contributed by atoms with E-state index in [9.17, 15) is 5.11 Å². The van der Waals surface area contributed by atoms with E-state index in [0.717, 1.165) is 14.7 Å². The first-order chi connectivity index (χ1) is 6.20. The highest BCUT2D eigenvalue weighted by Gasteiger charge is 2.08. The molecule has 0 saturated carbocycles. The Bertz CT molecular complexity index is 470. The fraction of sp³-hybridized carbons (Fsp3) is 0.111. The zero-order valence-electron chi connectivity index (χ0n) is 6.95. The molecule has 0 aliphatic heterocycles. The quantitative estimate of drug-likeness (QED) is 0.755. The predicted octanol–water partition coefficient (Wildman–Crippen LogP) is 2.25. The third-order valence-corrected chi connectivity index (χ3v) is 2.69. The SMILES string of the molecule is Cc1cc(I)c2nccnc2c1O. The standard InChI is InChI=1S/C9H7IN2O/c1-5-4-6(10)7-8(9(5)13)12-3-2-11-7/h2-4,13H,1H3. The molecule has 13 heavy (non-hydrogen) atoms. The molecule has 3 nitrogen and oxygen atoms in total. The van der Waals surface area contributed by atoms with Crippen molar-refractivity contribution in [1.29, 1.82) is 0 Å². The molecule has 4 heteroatoms. The van der Waals surface area contributed by atoms with Crippen LogP contribution in [0.2, 0.25) is 0 Å². The molecule has 0 amide bonds. The van der Waals surface area contributed by atoms with Crippen molar-refractivity contribution in [3.8, 4) is 5.75 Å². The Morgan fingerprint density at radius 2 is 1.85 bits per heavy atom. The summed E-state index contributed by atoms with van der Waals surface area (Å²) in [5.74, 6) is 0.225. The minimum atomic E-state index is 0.225. The summed E-state index contributed by atoms with van der Waals surface area (Å²) in [6.45, 7) is 1.85. The van der Waals surface area contributed by atoms with E-state index in [1.807, 2.05) is 13.0 Å². The van der Waals surface area contributed by atoms with Gasteiger partial charge in [0.15, 0.2) is 0 Å². The summed E-state index contributed by atoms with van der Waals surface area (Å²) in [6, 6.07) is 1.90. The Hall–Kier alpha value is -0.910. The van der Waals surface area contributed by atoms with Gasteiger partial charge >= 0.3 is 0 Å². The van der Waals surface area contributed by atoms with Gasteiger partial charge < -0.3 is 5.11 Å². The van der Waals surface area contributed by atoms with Crippen molar-refractivity contribution in [3.63, 3.8) is 0 Å². The average molecular weight is 286 g/mol. The van der Waals surface area contributed by atoms with E-state index >= 15 is 0 Å². The van der Waals surface area contributed by atoms with Crippen molar-refractivity contribution >= 4 is 33.6 Å². The van der Waals surface area contributed by atoms with Crippen molar-refractivity contribution in [2.45, 2.75) is 6.92 Å². The van der Waals surface area contributed by atoms with Crippen LogP contribution in [-0.4, -0.2) is 15.1 Å². The number of phenolic OH excluding ortho intramolecular Hbond substituents is 1. The number of benzene rings is 1. The molecule has 1 heterocycles. The summed E-state index contributed by atoms with van der Waals surface area (Å²) in [4.78, 5) is 8.24. The Labute approximate surface area is 89.0 Å². The van der Waals surface area contributed by atoms with Gasteiger partial charge in [-0.2, -0.15) is 0 Å². The molecule has 66 valence electrons. The van der Waals surface area contributed by atoms with E-state index in [-0.39, 0.29) is 5.75 Å². The maximum atomic E-state index is 9.68. The highest BCUT2D eigenvalue weighted by Crippen LogP contribution is 2.28. The molecule has 0 spiro atoms. The summed E-state index contributed by atoms with van der Waals surface area (Å²) in [6.07, 6.45) is 3.21. The number of hydrogen-bond donors (Lipinski definition) is 1. The summed E-state index contributed by atoms with van der Waals surface area (Å²) >= 11 is 2.19. The lowest BCUT2D eigenvalue weighted by atomic mass is 10.2. The van der Waals surface area contributed by atoms with Crippen molar-refractivity contribution in [2.75, 3.05) is 0 Å². The first-order valence-corrected chi connectivity index (χ1v) is 4.87. The van der Waals surface area contributed by atoms with Crippen molar-refractivity contribution in [3.05, 3.63) is 27.6 Å². The molecule has 0 aliphatic rings. The van der Waals surface area contributed by atoms with Crippen LogP contribution in [0.5, 0.6) is 5.75 Å². The van der Waals surface area contributed by atoms with Crippen LogP contribution in [0.1, 0.15) is 5.56 Å². The highest BCUT2D eigenvalue weighted by atomic mass is 127. The van der Waals surface area contributed by atoms with Gasteiger partial charge in [-0.3, -0.25) is 4.98 Å². The summed E-state index contributed by atoms with van der Waals surface area (Å²) in [5, 5.41) is 9.68. The number of rotatable bonds is 0. The number of nitrogens with zero attached hydrogens (tertiary/aromatic N) is 2. The van der Waals surface area contributed by atoms with Crippen LogP contribution in [0.15, 0.2) is 18.5 Å². The number of aromatic nitrogens is 2. The second-order valence-electron chi connectivity index (χ2n) is 2.78. The van der Waals surface area contributed by atoms with Crippen LogP contribution in [-0.2, 0) is 0 Å². The average Bonchev–Trinajstić information content (AvgIpc) is 2.15. The fourth-order valence-corrected chi connectivity index (χ4v) is 2.06. The molecule has 0 radical (unpaired) electrons. The van der Waals surface area contributed by atoms with Gasteiger partial charge in [-0.05, 0) is 41.1 Å². The third-order valence-electron chi connectivity index (χ3n) is 1.87. The second-order valence-corrected chi connectivity index (χ2v) is 3.94. The summed E-state index contributed by atoms with van der Waals surface area (Å²) in [5.41, 5.74) is 2.16. The first kappa shape index (κ1) is 8.68. The molecule has 0 aliphatic carbocycles. The van der Waals surface area contributed by atoms with Gasteiger partial charge in [-0.25, -0.2) is 4.98 Å². The second kappa shape index (κ2) is 3.10. The number of phenols is 1. The number of halogens is 1. The van der Waals surface area contributed by atoms with Gasteiger partial charge in [0.25, 0.3) is 0 Å². The fourth-order valence-electron chi connectivity index (χ4n) is 1.20. The van der Waals surface area contributed by atoms with Gasteiger partial charge in [-0.1, -0.05) is 0 Å². The van der Waals surface area contributed by atoms with E-state index in [1.165, 1.54) is 0 Å². The van der Waals surface area contributed by atoms with Crippen molar-refractivity contribution in [2.24, 2.45) is 0 Å². The van der Waals surface area contributed by atoms with E-state index in [0.29, 0.717) is 5.52 Å². The molecule has 0 fully saturated rings. The van der Waals surface area contributed by atoms with Gasteiger partial charge in [0.1, 0.15) is 16.8 Å². The number of aromatic hydroxyl groups is 1. The Morgan fingerprint density at radius 3 is 2.54 bits per heavy atom. The third kappa shape index (κ3) is 1.35. The van der Waals surface area contributed by atoms with Gasteiger partial charge in [-0.15, -0.1) is 0 Å². The van der Waals surface area contributed by atoms with E-state index in [4.69, 9.17) is 0 Å². The first-order valence-electron chi connectivity index (χ1n) is 3.79. The van der Waals surface area contributed by atoms with Crippen LogP contribution >= 0.6 is 22.6 Å². The largest absolute Gasteiger partial charge is 0.505 e. The number of hydrogen-bond acceptors (Lipinski definition) is 3. The smallest absolute Gasteiger partial charge is 0.146 e. The lowest BCUT2D eigenvalue weighted by Gasteiger charge is -2.03. The minimum Gasteiger partial charge on any atom is -0.505 e. The Balaban J connectivity index is 2.97. The zero-order chi connectivity index (χ0) is 9.42. The molecule has 2 aromatic rings. The zero-order valence-corrected chi connectivity index (χ0v) is 9.11. The lowest BCUT2D eigenvalue weighted by molar-refractivity contribution is 0.476. The van der Waals surface area contributed by atoms with Crippen LogP contribution in [0.25, 0.3) is 11.0 Å². The van der Waals surface area contributed by atoms with Crippen molar-refractivity contribution < 1.29 is 5.11 Å². The van der Waals surface area contributed by atoms with Crippen LogP contribution in [0, 0.1) is 10.5 Å². The molecular weight excluding hydrogens is 279 g/mol. The van der Waals surface area contributed by atoms with E-state index in [1.54, 1.807) is 12.4 Å². The maximum absolute atomic E-state index is 9.68. The molecular formula is C9H7IN2O. The van der Waals surface area contributed by atoms with Gasteiger partial charge in [0.05, 0.1) is 0 Å². The normalized spacial score (nSPS) is 10.6. The van der Waals surface area contributed by atoms with Gasteiger partial charge in [0.2, 0.25) is 0 Å². The molecule has 1 N–H and O–H groups in total. The van der Waals surface area contributed by atoms with Crippen LogP contribution in [0.3, 0.4) is 0 Å². The summed E-state index contributed by atoms with van der Waals surface area (Å²) < 4.78 is 1.01. The lowest BCUT2D eigenvalue weighted by Crippen LogP contribution is -1.88. The van der Waals surface area contributed by atoms with Crippen LogP contribution < -0.4 is 0 Å². The Kier molecular flexibility index (Phi) is 2.07. The molecule has 0 atom stereocenters. The van der Waals surface area contributed by atoms with Gasteiger partial charge in [0, 0.05) is 16.0 Å². The molecule has 0 saturated heterocycles. The monoisotopic (exact) mass is 286 g/mol. The van der Waals surface area contributed by atoms with E-state index in [2.05, 4.69) is 32.6 Å². The summed E-state index contributed by atoms with van der Waals surface area (Å²) in [7, 11) is 0. The Morgan fingerprint density at radius 1 is 1.23 bits per heavy atom. The molecule has 0 bridgehead atoms. The van der Waals surface area contributed by atoms with Crippen LogP contribution in [0.4, 0.5) is 0 Å². The van der Waals surface area contributed by atoms with E-state index < -0.39 is 0 Å². The minimum absolute atomic E-state index is 0.225. The molecule has 0 unspecified atom stereocenters. The molecule has 1 aromatic heterocycles. The molecule has 2 rings (SSSR count). The highest BCUT2D eigenvalue weighted by molar-refractivity contribution is 14.1. The topological polar surface area (TPSA) is 46.0 Å².